The zero-order chi connectivity index (χ0) is 9.84. The van der Waals surface area contributed by atoms with Crippen LogP contribution in [0.15, 0.2) is 0 Å². The molecule has 0 aromatic rings. The van der Waals surface area contributed by atoms with E-state index < -0.39 is 0 Å². The van der Waals surface area contributed by atoms with Crippen LogP contribution in [0.3, 0.4) is 0 Å². The van der Waals surface area contributed by atoms with Gasteiger partial charge in [0.15, 0.2) is 0 Å². The lowest BCUT2D eigenvalue weighted by molar-refractivity contribution is 0.174. The predicted octanol–water partition coefficient (Wildman–Crippen LogP) is 4.49. The van der Waals surface area contributed by atoms with Crippen molar-refractivity contribution in [2.75, 3.05) is 0 Å². The van der Waals surface area contributed by atoms with Gasteiger partial charge in [-0.05, 0) is 42.9 Å². The highest BCUT2D eigenvalue weighted by Crippen LogP contribution is 2.37. The molecule has 0 N–H and O–H groups in total. The maximum absolute atomic E-state index is 2.46. The Morgan fingerprint density at radius 2 is 1.92 bits per heavy atom. The van der Waals surface area contributed by atoms with Crippen LogP contribution in [0.1, 0.15) is 59.8 Å². The van der Waals surface area contributed by atoms with Crippen molar-refractivity contribution >= 4 is 0 Å². The van der Waals surface area contributed by atoms with E-state index in [-0.39, 0.29) is 0 Å². The summed E-state index contributed by atoms with van der Waals surface area (Å²) >= 11 is 0. The van der Waals surface area contributed by atoms with Crippen LogP contribution in [-0.2, 0) is 0 Å². The van der Waals surface area contributed by atoms with Gasteiger partial charge in [0, 0.05) is 0 Å². The second-order valence-electron chi connectivity index (χ2n) is 5.40. The van der Waals surface area contributed by atoms with E-state index in [4.69, 9.17) is 0 Å². The quantitative estimate of drug-likeness (QED) is 0.603. The first-order chi connectivity index (χ1) is 6.13. The molecule has 0 heterocycles. The maximum atomic E-state index is 2.46. The normalized spacial score (nSPS) is 37.4. The van der Waals surface area contributed by atoms with Crippen molar-refractivity contribution in [1.29, 1.82) is 0 Å². The summed E-state index contributed by atoms with van der Waals surface area (Å²) in [5.41, 5.74) is 0. The average molecular weight is 182 g/mol. The highest BCUT2D eigenvalue weighted by molar-refractivity contribution is 4.76. The fraction of sp³-hybridized carbons (Fsp3) is 1.00. The smallest absolute Gasteiger partial charge is 0.0386 e. The minimum atomic E-state index is 0.945. The van der Waals surface area contributed by atoms with Gasteiger partial charge in [-0.25, -0.2) is 0 Å². The minimum absolute atomic E-state index is 0.945. The summed E-state index contributed by atoms with van der Waals surface area (Å²) in [5.74, 6) is 3.95. The van der Waals surface area contributed by atoms with Gasteiger partial charge in [-0.3, -0.25) is 0 Å². The van der Waals surface area contributed by atoms with Gasteiger partial charge in [0.05, 0.1) is 0 Å². The predicted molar refractivity (Wildman–Crippen MR) is 59.7 cm³/mol. The molecule has 13 heavy (non-hydrogen) atoms. The standard InChI is InChI=1S/C13H26/c1-5-10(2)9-13-7-6-11(3)8-12(13)4/h10-13H,5-9H2,1-4H3/t10-,11?,12?,13?/m1/s1. The first-order valence-electron chi connectivity index (χ1n) is 6.13. The zero-order valence-electron chi connectivity index (χ0n) is 9.84. The Bertz CT molecular complexity index is 139. The molecule has 1 aliphatic carbocycles. The molecule has 0 aliphatic heterocycles. The van der Waals surface area contributed by atoms with Crippen LogP contribution in [-0.4, -0.2) is 0 Å². The molecule has 1 fully saturated rings. The highest BCUT2D eigenvalue weighted by atomic mass is 14.3. The molecule has 0 bridgehead atoms. The molecule has 0 amide bonds. The number of hydrogen-bond acceptors (Lipinski definition) is 0. The molecular formula is C13H26. The molecule has 0 radical (unpaired) electrons. The second-order valence-corrected chi connectivity index (χ2v) is 5.40. The Hall–Kier alpha value is 0. The van der Waals surface area contributed by atoms with Crippen molar-refractivity contribution in [1.82, 2.24) is 0 Å². The summed E-state index contributed by atoms with van der Waals surface area (Å²) in [6.07, 6.45) is 7.28. The molecule has 0 aromatic heterocycles. The van der Waals surface area contributed by atoms with E-state index in [2.05, 4.69) is 27.7 Å². The van der Waals surface area contributed by atoms with E-state index >= 15 is 0 Å². The van der Waals surface area contributed by atoms with Gasteiger partial charge in [0.1, 0.15) is 0 Å². The fourth-order valence-corrected chi connectivity index (χ4v) is 2.76. The summed E-state index contributed by atoms with van der Waals surface area (Å²) in [4.78, 5) is 0. The Kier molecular flexibility index (Phi) is 4.28. The van der Waals surface area contributed by atoms with Crippen LogP contribution in [0.5, 0.6) is 0 Å². The topological polar surface area (TPSA) is 0 Å². The molecule has 0 heteroatoms. The summed E-state index contributed by atoms with van der Waals surface area (Å²) in [5, 5.41) is 0. The van der Waals surface area contributed by atoms with E-state index in [0.717, 1.165) is 23.7 Å². The molecule has 4 atom stereocenters. The third-order valence-electron chi connectivity index (χ3n) is 4.01. The van der Waals surface area contributed by atoms with Crippen LogP contribution >= 0.6 is 0 Å². The van der Waals surface area contributed by atoms with Crippen LogP contribution in [0.25, 0.3) is 0 Å². The van der Waals surface area contributed by atoms with Gasteiger partial charge < -0.3 is 0 Å². The van der Waals surface area contributed by atoms with Gasteiger partial charge in [-0.1, -0.05) is 40.5 Å². The lowest BCUT2D eigenvalue weighted by Crippen LogP contribution is -2.23. The van der Waals surface area contributed by atoms with Crippen LogP contribution < -0.4 is 0 Å². The Morgan fingerprint density at radius 1 is 1.23 bits per heavy atom. The summed E-state index contributed by atoms with van der Waals surface area (Å²) in [6.45, 7) is 9.60. The third kappa shape index (κ3) is 3.32. The molecule has 0 aromatic carbocycles. The summed E-state index contributed by atoms with van der Waals surface area (Å²) in [6, 6.07) is 0. The van der Waals surface area contributed by atoms with Crippen LogP contribution in [0, 0.1) is 23.7 Å². The van der Waals surface area contributed by atoms with Crippen molar-refractivity contribution < 1.29 is 0 Å². The summed E-state index contributed by atoms with van der Waals surface area (Å²) in [7, 11) is 0. The van der Waals surface area contributed by atoms with Crippen molar-refractivity contribution in [2.45, 2.75) is 59.8 Å². The van der Waals surface area contributed by atoms with Gasteiger partial charge in [-0.2, -0.15) is 0 Å². The second kappa shape index (κ2) is 5.02. The Balaban J connectivity index is 2.33. The Morgan fingerprint density at radius 3 is 2.46 bits per heavy atom. The lowest BCUT2D eigenvalue weighted by atomic mass is 9.72. The largest absolute Gasteiger partial charge is 0.0651 e. The molecular weight excluding hydrogens is 156 g/mol. The fourth-order valence-electron chi connectivity index (χ4n) is 2.76. The molecule has 1 aliphatic rings. The van der Waals surface area contributed by atoms with E-state index in [1.807, 2.05) is 0 Å². The molecule has 3 unspecified atom stereocenters. The van der Waals surface area contributed by atoms with Crippen LogP contribution in [0.2, 0.25) is 0 Å². The third-order valence-corrected chi connectivity index (χ3v) is 4.01. The van der Waals surface area contributed by atoms with Gasteiger partial charge in [0.25, 0.3) is 0 Å². The maximum Gasteiger partial charge on any atom is -0.0386 e. The highest BCUT2D eigenvalue weighted by Gasteiger charge is 2.25. The molecule has 1 saturated carbocycles. The molecule has 0 nitrogen and oxygen atoms in total. The first-order valence-corrected chi connectivity index (χ1v) is 6.13. The monoisotopic (exact) mass is 182 g/mol. The van der Waals surface area contributed by atoms with Crippen LogP contribution in [0.4, 0.5) is 0 Å². The van der Waals surface area contributed by atoms with Gasteiger partial charge in [-0.15, -0.1) is 0 Å². The summed E-state index contributed by atoms with van der Waals surface area (Å²) < 4.78 is 0. The van der Waals surface area contributed by atoms with Gasteiger partial charge in [0.2, 0.25) is 0 Å². The lowest BCUT2D eigenvalue weighted by Gasteiger charge is -2.34. The average Bonchev–Trinajstić information content (AvgIpc) is 2.09. The SMILES string of the molecule is CC[C@@H](C)CC1CCC(C)CC1C. The van der Waals surface area contributed by atoms with E-state index in [1.54, 1.807) is 0 Å². The molecule has 0 spiro atoms. The zero-order valence-corrected chi connectivity index (χ0v) is 9.84. The van der Waals surface area contributed by atoms with Gasteiger partial charge >= 0.3 is 0 Å². The minimum Gasteiger partial charge on any atom is -0.0651 e. The molecule has 1 rings (SSSR count). The van der Waals surface area contributed by atoms with Crippen molar-refractivity contribution in [2.24, 2.45) is 23.7 Å². The van der Waals surface area contributed by atoms with E-state index in [0.29, 0.717) is 0 Å². The van der Waals surface area contributed by atoms with Crippen molar-refractivity contribution in [3.05, 3.63) is 0 Å². The van der Waals surface area contributed by atoms with E-state index in [9.17, 15) is 0 Å². The van der Waals surface area contributed by atoms with Crippen molar-refractivity contribution in [3.63, 3.8) is 0 Å². The number of rotatable bonds is 3. The Labute approximate surface area is 84.1 Å². The molecule has 78 valence electrons. The van der Waals surface area contributed by atoms with Crippen molar-refractivity contribution in [3.8, 4) is 0 Å². The number of hydrogen-bond donors (Lipinski definition) is 0. The molecule has 0 saturated heterocycles. The van der Waals surface area contributed by atoms with E-state index in [1.165, 1.54) is 32.1 Å². The first kappa shape index (κ1) is 11.1.